The van der Waals surface area contributed by atoms with Crippen LogP contribution in [0.4, 0.5) is 34.1 Å². The number of para-hydroxylation sites is 2. The molecule has 1 aromatic heterocycles. The van der Waals surface area contributed by atoms with Crippen molar-refractivity contribution in [1.29, 1.82) is 0 Å². The summed E-state index contributed by atoms with van der Waals surface area (Å²) in [7, 11) is 0. The van der Waals surface area contributed by atoms with E-state index in [9.17, 15) is 0 Å². The molecule has 60 heavy (non-hydrogen) atoms. The van der Waals surface area contributed by atoms with Gasteiger partial charge in [-0.15, -0.1) is 0 Å². The number of nitrogens with zero attached hydrogens (tertiary/aromatic N) is 3. The first kappa shape index (κ1) is 36.3. The molecule has 3 heterocycles. The zero-order valence-electron chi connectivity index (χ0n) is 35.2. The highest BCUT2D eigenvalue weighted by Crippen LogP contribution is 2.46. The van der Waals surface area contributed by atoms with E-state index in [0.717, 1.165) is 17.1 Å². The summed E-state index contributed by atoms with van der Waals surface area (Å²) in [5.41, 5.74) is 19.9. The lowest BCUT2D eigenvalue weighted by Crippen LogP contribution is -2.61. The van der Waals surface area contributed by atoms with Gasteiger partial charge in [-0.25, -0.2) is 0 Å². The number of hydrogen-bond donors (Lipinski definition) is 0. The van der Waals surface area contributed by atoms with Crippen molar-refractivity contribution in [3.8, 4) is 16.8 Å². The molecule has 0 aliphatic carbocycles. The van der Waals surface area contributed by atoms with Gasteiger partial charge in [0, 0.05) is 50.6 Å². The van der Waals surface area contributed by atoms with E-state index in [1.54, 1.807) is 0 Å². The molecule has 2 aliphatic rings. The summed E-state index contributed by atoms with van der Waals surface area (Å²) in [5.74, 6) is 0. The Morgan fingerprint density at radius 2 is 0.833 bits per heavy atom. The number of aromatic nitrogens is 1. The lowest BCUT2D eigenvalue weighted by atomic mass is 9.33. The van der Waals surface area contributed by atoms with Gasteiger partial charge in [-0.1, -0.05) is 157 Å². The third kappa shape index (κ3) is 5.65. The molecule has 0 radical (unpaired) electrons. The van der Waals surface area contributed by atoms with E-state index in [1.807, 2.05) is 0 Å². The number of fused-ring (bicyclic) bond motifs is 7. The predicted molar refractivity (Wildman–Crippen MR) is 258 cm³/mol. The average molecular weight is 774 g/mol. The highest BCUT2D eigenvalue weighted by Gasteiger charge is 2.43. The van der Waals surface area contributed by atoms with Gasteiger partial charge in [0.1, 0.15) is 0 Å². The van der Waals surface area contributed by atoms with Gasteiger partial charge in [0.15, 0.2) is 0 Å². The van der Waals surface area contributed by atoms with Crippen molar-refractivity contribution >= 4 is 79.0 Å². The summed E-state index contributed by atoms with van der Waals surface area (Å²) >= 11 is 0. The molecular formula is C56H48BN3. The van der Waals surface area contributed by atoms with E-state index in [0.29, 0.717) is 0 Å². The second kappa shape index (κ2) is 13.4. The van der Waals surface area contributed by atoms with Gasteiger partial charge in [0.2, 0.25) is 0 Å². The van der Waals surface area contributed by atoms with Gasteiger partial charge in [-0.05, 0) is 116 Å². The van der Waals surface area contributed by atoms with Crippen LogP contribution < -0.4 is 26.2 Å². The largest absolute Gasteiger partial charge is 0.311 e. The summed E-state index contributed by atoms with van der Waals surface area (Å²) in [4.78, 5) is 5.04. The molecule has 0 saturated heterocycles. The molecular weight excluding hydrogens is 725 g/mol. The molecule has 3 nitrogen and oxygen atoms in total. The Hall–Kier alpha value is -6.78. The standard InChI is InChI=1S/C56H48BN3/c1-55(2,3)39-24-28-41(29-25-39)58-50-21-14-22-51-54(50)57(46-33-23-38(35-52(46)58)37-15-8-7-9-16-37)47-34-32-43(36-53(47)59(51)42-30-26-40(27-31-42)56(4,5)6)60-48-19-12-10-17-44(48)45-18-11-13-20-49(45)60/h7-36H,1-6H3. The maximum atomic E-state index is 2.53. The lowest BCUT2D eigenvalue weighted by Gasteiger charge is -2.44. The Balaban J connectivity index is 1.19. The Morgan fingerprint density at radius 3 is 1.37 bits per heavy atom. The van der Waals surface area contributed by atoms with Gasteiger partial charge in [-0.2, -0.15) is 0 Å². The van der Waals surface area contributed by atoms with Crippen LogP contribution in [0.5, 0.6) is 0 Å². The fourth-order valence-electron chi connectivity index (χ4n) is 9.84. The number of benzene rings is 8. The highest BCUT2D eigenvalue weighted by molar-refractivity contribution is 7.00. The van der Waals surface area contributed by atoms with E-state index >= 15 is 0 Å². The Kier molecular flexibility index (Phi) is 8.09. The number of rotatable bonds is 4. The van der Waals surface area contributed by atoms with E-state index in [-0.39, 0.29) is 17.5 Å². The molecule has 290 valence electrons. The van der Waals surface area contributed by atoms with Crippen molar-refractivity contribution in [3.05, 3.63) is 193 Å². The summed E-state index contributed by atoms with van der Waals surface area (Å²) in [6.07, 6.45) is 0. The maximum absolute atomic E-state index is 2.53. The van der Waals surface area contributed by atoms with Crippen LogP contribution in [0.3, 0.4) is 0 Å². The Bertz CT molecular complexity index is 3060. The fourth-order valence-corrected chi connectivity index (χ4v) is 9.84. The highest BCUT2D eigenvalue weighted by atomic mass is 15.2. The molecule has 0 amide bonds. The smallest absolute Gasteiger partial charge is 0.252 e. The first-order chi connectivity index (χ1) is 29.0. The number of anilines is 6. The minimum atomic E-state index is 0.0217. The van der Waals surface area contributed by atoms with Crippen LogP contribution in [-0.2, 0) is 10.8 Å². The molecule has 0 atom stereocenters. The van der Waals surface area contributed by atoms with Crippen molar-refractivity contribution in [3.63, 3.8) is 0 Å². The molecule has 0 N–H and O–H groups in total. The van der Waals surface area contributed by atoms with E-state index < -0.39 is 0 Å². The first-order valence-electron chi connectivity index (χ1n) is 21.3. The fraction of sp³-hybridized carbons (Fsp3) is 0.143. The molecule has 0 saturated carbocycles. The summed E-state index contributed by atoms with van der Waals surface area (Å²) in [6, 6.07) is 68.2. The van der Waals surface area contributed by atoms with Gasteiger partial charge < -0.3 is 14.4 Å². The molecule has 2 aliphatic heterocycles. The molecule has 9 aromatic rings. The van der Waals surface area contributed by atoms with Crippen LogP contribution in [0.25, 0.3) is 38.6 Å². The van der Waals surface area contributed by atoms with Crippen LogP contribution >= 0.6 is 0 Å². The summed E-state index contributed by atoms with van der Waals surface area (Å²) in [6.45, 7) is 13.8. The van der Waals surface area contributed by atoms with Crippen LogP contribution in [0.1, 0.15) is 52.7 Å². The van der Waals surface area contributed by atoms with Crippen molar-refractivity contribution in [2.75, 3.05) is 9.80 Å². The SMILES string of the molecule is CC(C)(C)c1ccc(N2c3cc(-c4ccccc4)ccc3B3c4ccc(-n5c6ccccc6c6ccccc65)cc4N(c4ccc(C(C)(C)C)cc4)c4cccc2c43)cc1. The second-order valence-corrected chi connectivity index (χ2v) is 18.7. The van der Waals surface area contributed by atoms with Gasteiger partial charge >= 0.3 is 0 Å². The molecule has 0 spiro atoms. The molecule has 0 fully saturated rings. The van der Waals surface area contributed by atoms with Crippen LogP contribution in [0.15, 0.2) is 182 Å². The average Bonchev–Trinajstić information content (AvgIpc) is 3.60. The minimum absolute atomic E-state index is 0.0217. The normalized spacial score (nSPS) is 13.4. The van der Waals surface area contributed by atoms with E-state index in [2.05, 4.69) is 238 Å². The summed E-state index contributed by atoms with van der Waals surface area (Å²) in [5, 5.41) is 2.53. The predicted octanol–water partition coefficient (Wildman–Crippen LogP) is 13.1. The zero-order chi connectivity index (χ0) is 40.9. The number of hydrogen-bond acceptors (Lipinski definition) is 2. The minimum Gasteiger partial charge on any atom is -0.311 e. The topological polar surface area (TPSA) is 11.4 Å². The van der Waals surface area contributed by atoms with E-state index in [1.165, 1.54) is 83.2 Å². The molecule has 0 bridgehead atoms. The van der Waals surface area contributed by atoms with Crippen LogP contribution in [0.2, 0.25) is 0 Å². The molecule has 8 aromatic carbocycles. The summed E-state index contributed by atoms with van der Waals surface area (Å²) < 4.78 is 2.45. The maximum Gasteiger partial charge on any atom is 0.252 e. The van der Waals surface area contributed by atoms with Crippen LogP contribution in [-0.4, -0.2) is 11.3 Å². The second-order valence-electron chi connectivity index (χ2n) is 18.7. The Morgan fingerprint density at radius 1 is 0.367 bits per heavy atom. The quantitative estimate of drug-likeness (QED) is 0.165. The van der Waals surface area contributed by atoms with E-state index in [4.69, 9.17) is 0 Å². The van der Waals surface area contributed by atoms with Crippen molar-refractivity contribution < 1.29 is 0 Å². The van der Waals surface area contributed by atoms with Crippen LogP contribution in [0, 0.1) is 0 Å². The lowest BCUT2D eigenvalue weighted by molar-refractivity contribution is 0.590. The third-order valence-corrected chi connectivity index (χ3v) is 12.9. The Labute approximate surface area is 354 Å². The van der Waals surface area contributed by atoms with Gasteiger partial charge in [0.25, 0.3) is 6.71 Å². The van der Waals surface area contributed by atoms with Gasteiger partial charge in [0.05, 0.1) is 11.0 Å². The first-order valence-corrected chi connectivity index (χ1v) is 21.3. The molecule has 11 rings (SSSR count). The van der Waals surface area contributed by atoms with Crippen molar-refractivity contribution in [2.24, 2.45) is 0 Å². The molecule has 4 heteroatoms. The molecule has 0 unspecified atom stereocenters. The third-order valence-electron chi connectivity index (χ3n) is 12.9. The van der Waals surface area contributed by atoms with Crippen molar-refractivity contribution in [2.45, 2.75) is 52.4 Å². The monoisotopic (exact) mass is 773 g/mol. The van der Waals surface area contributed by atoms with Gasteiger partial charge in [-0.3, -0.25) is 0 Å². The zero-order valence-corrected chi connectivity index (χ0v) is 35.2. The van der Waals surface area contributed by atoms with Crippen molar-refractivity contribution in [1.82, 2.24) is 4.57 Å².